The molecule has 2 rings (SSSR count). The van der Waals surface area contributed by atoms with E-state index in [0.717, 1.165) is 0 Å². The number of amides is 3. The molecular weight excluding hydrogens is 220 g/mol. The summed E-state index contributed by atoms with van der Waals surface area (Å²) in [6, 6.07) is 7.97. The Balaban J connectivity index is 2.35. The van der Waals surface area contributed by atoms with Crippen molar-refractivity contribution in [2.24, 2.45) is 5.73 Å². The number of nitrogens with one attached hydrogen (secondary N) is 2. The van der Waals surface area contributed by atoms with Crippen molar-refractivity contribution in [3.63, 3.8) is 0 Å². The molecule has 2 aromatic rings. The lowest BCUT2D eigenvalue weighted by Crippen LogP contribution is -2.44. The number of carbonyl (C=O) groups excluding carboxylic acids is 2. The number of rotatable bonds is 1. The van der Waals surface area contributed by atoms with E-state index < -0.39 is 11.9 Å². The van der Waals surface area contributed by atoms with Gasteiger partial charge in [0.25, 0.3) is 5.91 Å². The molecule has 0 saturated heterocycles. The maximum atomic E-state index is 11.8. The Kier molecular flexibility index (Phi) is 2.87. The number of nitrogens with two attached hydrogens (primary N) is 1. The second kappa shape index (κ2) is 4.48. The van der Waals surface area contributed by atoms with Crippen molar-refractivity contribution < 1.29 is 9.59 Å². The number of nitrogens with zero attached hydrogens (tertiary/aromatic N) is 1. The number of fused-ring (bicyclic) bond motifs is 1. The molecule has 17 heavy (non-hydrogen) atoms. The lowest BCUT2D eigenvalue weighted by molar-refractivity contribution is 0.0939. The molecule has 0 saturated carbocycles. The summed E-state index contributed by atoms with van der Waals surface area (Å²) in [5, 5.41) is 0.707. The molecule has 0 fully saturated rings. The summed E-state index contributed by atoms with van der Waals surface area (Å²) in [6.07, 6.45) is 1.53. The Morgan fingerprint density at radius 1 is 1.12 bits per heavy atom. The second-order valence-electron chi connectivity index (χ2n) is 3.32. The largest absolute Gasteiger partial charge is 0.350 e. The van der Waals surface area contributed by atoms with E-state index in [1.54, 1.807) is 18.2 Å². The van der Waals surface area contributed by atoms with Gasteiger partial charge >= 0.3 is 6.03 Å². The van der Waals surface area contributed by atoms with Gasteiger partial charge in [0.2, 0.25) is 0 Å². The van der Waals surface area contributed by atoms with E-state index in [1.807, 2.05) is 17.6 Å². The standard InChI is InChI=1S/C11H10N4O2/c12-11(17)15-14-10(16)8-5-6-13-9-4-2-1-3-7(8)9/h1-6H,(H,14,16)(H3,12,15,17). The third-order valence-corrected chi connectivity index (χ3v) is 2.19. The fraction of sp³-hybridized carbons (Fsp3) is 0. The lowest BCUT2D eigenvalue weighted by atomic mass is 10.1. The number of hydrogen-bond acceptors (Lipinski definition) is 3. The lowest BCUT2D eigenvalue weighted by Gasteiger charge is -2.06. The van der Waals surface area contributed by atoms with E-state index in [-0.39, 0.29) is 0 Å². The van der Waals surface area contributed by atoms with Gasteiger partial charge < -0.3 is 5.73 Å². The predicted molar refractivity (Wildman–Crippen MR) is 61.9 cm³/mol. The number of primary amides is 1. The van der Waals surface area contributed by atoms with E-state index in [0.29, 0.717) is 16.5 Å². The topological polar surface area (TPSA) is 97.1 Å². The van der Waals surface area contributed by atoms with Crippen LogP contribution < -0.4 is 16.6 Å². The molecule has 1 aromatic carbocycles. The molecule has 0 spiro atoms. The molecule has 0 radical (unpaired) electrons. The van der Waals surface area contributed by atoms with E-state index >= 15 is 0 Å². The first-order chi connectivity index (χ1) is 8.18. The molecule has 0 atom stereocenters. The molecule has 0 aliphatic heterocycles. The highest BCUT2D eigenvalue weighted by molar-refractivity contribution is 6.06. The molecule has 6 nitrogen and oxygen atoms in total. The van der Waals surface area contributed by atoms with Gasteiger partial charge in [0.05, 0.1) is 11.1 Å². The zero-order valence-electron chi connectivity index (χ0n) is 8.81. The van der Waals surface area contributed by atoms with Crippen molar-refractivity contribution >= 4 is 22.8 Å². The third-order valence-electron chi connectivity index (χ3n) is 2.19. The van der Waals surface area contributed by atoms with Crippen LogP contribution in [0.5, 0.6) is 0 Å². The van der Waals surface area contributed by atoms with Crippen LogP contribution in [-0.4, -0.2) is 16.9 Å². The Bertz CT molecular complexity index is 577. The minimum atomic E-state index is -0.822. The zero-order valence-corrected chi connectivity index (χ0v) is 8.81. The summed E-state index contributed by atoms with van der Waals surface area (Å²) in [6.45, 7) is 0. The van der Waals surface area contributed by atoms with Gasteiger partial charge in [-0.05, 0) is 12.1 Å². The molecule has 1 heterocycles. The first-order valence-corrected chi connectivity index (χ1v) is 4.88. The Hall–Kier alpha value is -2.63. The first kappa shape index (κ1) is 10.9. The van der Waals surface area contributed by atoms with E-state index in [1.165, 1.54) is 6.20 Å². The normalized spacial score (nSPS) is 9.88. The maximum Gasteiger partial charge on any atom is 0.330 e. The molecule has 6 heteroatoms. The SMILES string of the molecule is NC(=O)NNC(=O)c1ccnc2ccccc12. The summed E-state index contributed by atoms with van der Waals surface area (Å²) >= 11 is 0. The number of para-hydroxylation sites is 1. The fourth-order valence-electron chi connectivity index (χ4n) is 1.48. The van der Waals surface area contributed by atoms with Gasteiger partial charge in [0, 0.05) is 11.6 Å². The first-order valence-electron chi connectivity index (χ1n) is 4.88. The number of benzene rings is 1. The zero-order chi connectivity index (χ0) is 12.3. The van der Waals surface area contributed by atoms with Crippen LogP contribution in [0.3, 0.4) is 0 Å². The highest BCUT2D eigenvalue weighted by Crippen LogP contribution is 2.15. The molecule has 0 aliphatic rings. The quantitative estimate of drug-likeness (QED) is 0.624. The van der Waals surface area contributed by atoms with Crippen LogP contribution in [0.25, 0.3) is 10.9 Å². The maximum absolute atomic E-state index is 11.8. The molecular formula is C11H10N4O2. The monoisotopic (exact) mass is 230 g/mol. The van der Waals surface area contributed by atoms with Crippen LogP contribution in [-0.2, 0) is 0 Å². The Labute approximate surface area is 96.8 Å². The van der Waals surface area contributed by atoms with Gasteiger partial charge in [-0.3, -0.25) is 15.2 Å². The summed E-state index contributed by atoms with van der Waals surface area (Å²) in [7, 11) is 0. The van der Waals surface area contributed by atoms with E-state index in [2.05, 4.69) is 10.4 Å². The predicted octanol–water partition coefficient (Wildman–Crippen LogP) is 0.548. The molecule has 4 N–H and O–H groups in total. The van der Waals surface area contributed by atoms with Gasteiger partial charge in [-0.1, -0.05) is 18.2 Å². The number of urea groups is 1. The smallest absolute Gasteiger partial charge is 0.330 e. The third kappa shape index (κ3) is 2.31. The van der Waals surface area contributed by atoms with Gasteiger partial charge in [-0.2, -0.15) is 0 Å². The van der Waals surface area contributed by atoms with Gasteiger partial charge in [0.1, 0.15) is 0 Å². The van der Waals surface area contributed by atoms with Gasteiger partial charge in [-0.25, -0.2) is 10.2 Å². The summed E-state index contributed by atoms with van der Waals surface area (Å²) in [5.41, 5.74) is 10.2. The summed E-state index contributed by atoms with van der Waals surface area (Å²) in [5.74, 6) is -0.442. The van der Waals surface area contributed by atoms with Crippen molar-refractivity contribution in [3.8, 4) is 0 Å². The molecule has 0 unspecified atom stereocenters. The molecule has 0 aliphatic carbocycles. The van der Waals surface area contributed by atoms with Crippen molar-refractivity contribution in [2.45, 2.75) is 0 Å². The summed E-state index contributed by atoms with van der Waals surface area (Å²) in [4.78, 5) is 26.4. The van der Waals surface area contributed by atoms with Crippen LogP contribution in [0, 0.1) is 0 Å². The summed E-state index contributed by atoms with van der Waals surface area (Å²) < 4.78 is 0. The number of hydrazine groups is 1. The number of carbonyl (C=O) groups is 2. The van der Waals surface area contributed by atoms with Crippen LogP contribution in [0.15, 0.2) is 36.5 Å². The number of hydrogen-bond donors (Lipinski definition) is 3. The van der Waals surface area contributed by atoms with E-state index in [9.17, 15) is 9.59 Å². The fourth-order valence-corrected chi connectivity index (χ4v) is 1.48. The molecule has 3 amide bonds. The number of pyridine rings is 1. The van der Waals surface area contributed by atoms with Crippen molar-refractivity contribution in [2.75, 3.05) is 0 Å². The van der Waals surface area contributed by atoms with Crippen LogP contribution in [0.2, 0.25) is 0 Å². The van der Waals surface area contributed by atoms with E-state index in [4.69, 9.17) is 5.73 Å². The highest BCUT2D eigenvalue weighted by Gasteiger charge is 2.09. The average molecular weight is 230 g/mol. The average Bonchev–Trinajstić information content (AvgIpc) is 2.35. The van der Waals surface area contributed by atoms with Crippen molar-refractivity contribution in [1.29, 1.82) is 0 Å². The minimum Gasteiger partial charge on any atom is -0.350 e. The Morgan fingerprint density at radius 2 is 1.88 bits per heavy atom. The Morgan fingerprint density at radius 3 is 2.65 bits per heavy atom. The van der Waals surface area contributed by atoms with Crippen molar-refractivity contribution in [1.82, 2.24) is 15.8 Å². The van der Waals surface area contributed by atoms with Gasteiger partial charge in [-0.15, -0.1) is 0 Å². The molecule has 1 aromatic heterocycles. The van der Waals surface area contributed by atoms with Crippen LogP contribution in [0.4, 0.5) is 4.79 Å². The molecule has 0 bridgehead atoms. The minimum absolute atomic E-state index is 0.421. The second-order valence-corrected chi connectivity index (χ2v) is 3.32. The van der Waals surface area contributed by atoms with Gasteiger partial charge in [0.15, 0.2) is 0 Å². The highest BCUT2D eigenvalue weighted by atomic mass is 16.2. The number of aromatic nitrogens is 1. The van der Waals surface area contributed by atoms with Crippen LogP contribution in [0.1, 0.15) is 10.4 Å². The molecule has 86 valence electrons. The van der Waals surface area contributed by atoms with Crippen LogP contribution >= 0.6 is 0 Å². The van der Waals surface area contributed by atoms with Crippen molar-refractivity contribution in [3.05, 3.63) is 42.1 Å².